The quantitative estimate of drug-likeness (QED) is 0.634. The van der Waals surface area contributed by atoms with E-state index in [4.69, 9.17) is 4.74 Å². The van der Waals surface area contributed by atoms with E-state index in [2.05, 4.69) is 0 Å². The van der Waals surface area contributed by atoms with Gasteiger partial charge in [0.1, 0.15) is 11.9 Å². The smallest absolute Gasteiger partial charge is 0.416 e. The van der Waals surface area contributed by atoms with Crippen molar-refractivity contribution in [2.45, 2.75) is 70.1 Å². The number of halogens is 6. The minimum Gasteiger partial charge on any atom is -0.490 e. The summed E-state index contributed by atoms with van der Waals surface area (Å²) in [6.07, 6.45) is -10.2. The summed E-state index contributed by atoms with van der Waals surface area (Å²) in [5.74, 6) is -0.511. The Labute approximate surface area is 147 Å². The molecule has 26 heavy (non-hydrogen) atoms. The van der Waals surface area contributed by atoms with E-state index in [1.54, 1.807) is 27.7 Å². The van der Waals surface area contributed by atoms with E-state index in [9.17, 15) is 31.5 Å². The molecule has 0 N–H and O–H groups in total. The largest absolute Gasteiger partial charge is 0.490 e. The molecule has 0 unspecified atom stereocenters. The predicted octanol–water partition coefficient (Wildman–Crippen LogP) is 5.47. The van der Waals surface area contributed by atoms with Crippen molar-refractivity contribution >= 4 is 0 Å². The second-order valence-corrected chi connectivity index (χ2v) is 7.81. The maximum absolute atomic E-state index is 12.9. The number of rotatable bonds is 2. The molecule has 1 aliphatic rings. The second-order valence-electron chi connectivity index (χ2n) is 7.81. The summed E-state index contributed by atoms with van der Waals surface area (Å²) in [5, 5.41) is 13.2. The van der Waals surface area contributed by atoms with Gasteiger partial charge in [0, 0.05) is 23.9 Å². The summed E-state index contributed by atoms with van der Waals surface area (Å²) in [6.45, 7) is 6.63. The first-order chi connectivity index (χ1) is 11.5. The predicted molar refractivity (Wildman–Crippen MR) is 80.8 cm³/mol. The third-order valence-corrected chi connectivity index (χ3v) is 4.42. The topological polar surface area (TPSA) is 32.4 Å². The number of alkyl halides is 6. The lowest BCUT2D eigenvalue weighted by molar-refractivity contribution is -0.296. The molecule has 1 aliphatic heterocycles. The lowest BCUT2D eigenvalue weighted by Crippen LogP contribution is -2.60. The third-order valence-electron chi connectivity index (χ3n) is 4.42. The average Bonchev–Trinajstić information content (AvgIpc) is 2.42. The maximum atomic E-state index is 12.9. The van der Waals surface area contributed by atoms with Crippen LogP contribution < -0.4 is 4.74 Å². The number of hydroxylamine groups is 2. The third kappa shape index (κ3) is 4.43. The molecule has 0 aliphatic carbocycles. The van der Waals surface area contributed by atoms with Crippen molar-refractivity contribution in [3.8, 4) is 5.75 Å². The van der Waals surface area contributed by atoms with Gasteiger partial charge in [-0.15, -0.1) is 10.3 Å². The van der Waals surface area contributed by atoms with E-state index in [1.807, 2.05) is 0 Å². The van der Waals surface area contributed by atoms with Crippen molar-refractivity contribution in [1.29, 1.82) is 0 Å². The van der Waals surface area contributed by atoms with Crippen LogP contribution in [0.2, 0.25) is 0 Å². The standard InChI is InChI=1S/C17H20F6NO2/c1-14(2)8-13(9-15(3,4)24(14)25)26-12-6-10(16(18,19)20)5-11(7-12)17(21,22)23/h5-7,13H,8-9H2,1-4H3. The fourth-order valence-corrected chi connectivity index (χ4v) is 3.44. The highest BCUT2D eigenvalue weighted by Crippen LogP contribution is 2.41. The Kier molecular flexibility index (Phi) is 5.04. The van der Waals surface area contributed by atoms with Crippen molar-refractivity contribution in [2.75, 3.05) is 0 Å². The highest BCUT2D eigenvalue weighted by atomic mass is 19.4. The lowest BCUT2D eigenvalue weighted by Gasteiger charge is -2.49. The van der Waals surface area contributed by atoms with Gasteiger partial charge in [-0.3, -0.25) is 0 Å². The molecule has 1 aromatic carbocycles. The summed E-state index contributed by atoms with van der Waals surface area (Å²) in [7, 11) is 0. The van der Waals surface area contributed by atoms with Crippen LogP contribution in [0.5, 0.6) is 5.75 Å². The Bertz CT molecular complexity index is 616. The minimum absolute atomic E-state index is 0.0565. The van der Waals surface area contributed by atoms with Crippen LogP contribution in [0.1, 0.15) is 51.7 Å². The van der Waals surface area contributed by atoms with Crippen molar-refractivity contribution in [3.63, 3.8) is 0 Å². The molecule has 0 saturated carbocycles. The van der Waals surface area contributed by atoms with E-state index in [0.29, 0.717) is 12.1 Å². The summed E-state index contributed by atoms with van der Waals surface area (Å²) >= 11 is 0. The highest BCUT2D eigenvalue weighted by Gasteiger charge is 2.47. The van der Waals surface area contributed by atoms with Gasteiger partial charge in [0.15, 0.2) is 0 Å². The van der Waals surface area contributed by atoms with Crippen LogP contribution in [0.3, 0.4) is 0 Å². The van der Waals surface area contributed by atoms with Gasteiger partial charge in [-0.1, -0.05) is 0 Å². The monoisotopic (exact) mass is 384 g/mol. The summed E-state index contributed by atoms with van der Waals surface area (Å²) in [4.78, 5) is 0. The number of ether oxygens (including phenoxy) is 1. The lowest BCUT2D eigenvalue weighted by atomic mass is 9.80. The van der Waals surface area contributed by atoms with Crippen LogP contribution in [0.15, 0.2) is 18.2 Å². The molecule has 1 saturated heterocycles. The first-order valence-electron chi connectivity index (χ1n) is 7.96. The molecule has 1 radical (unpaired) electrons. The van der Waals surface area contributed by atoms with Crippen molar-refractivity contribution in [3.05, 3.63) is 29.3 Å². The minimum atomic E-state index is -4.93. The average molecular weight is 384 g/mol. The van der Waals surface area contributed by atoms with E-state index in [-0.39, 0.29) is 18.9 Å². The van der Waals surface area contributed by atoms with E-state index in [0.717, 1.165) is 5.06 Å². The summed E-state index contributed by atoms with van der Waals surface area (Å²) < 4.78 is 83.1. The summed E-state index contributed by atoms with van der Waals surface area (Å²) in [6, 6.07) is 1.17. The Morgan fingerprint density at radius 2 is 1.27 bits per heavy atom. The maximum Gasteiger partial charge on any atom is 0.416 e. The molecule has 0 bridgehead atoms. The molecule has 1 aromatic rings. The number of piperidine rings is 1. The van der Waals surface area contributed by atoms with Crippen molar-refractivity contribution < 1.29 is 36.3 Å². The zero-order valence-corrected chi connectivity index (χ0v) is 14.8. The zero-order valence-electron chi connectivity index (χ0n) is 14.8. The van der Waals surface area contributed by atoms with Gasteiger partial charge >= 0.3 is 12.4 Å². The molecule has 2 rings (SSSR count). The number of nitrogens with zero attached hydrogens (tertiary/aromatic N) is 1. The fourth-order valence-electron chi connectivity index (χ4n) is 3.44. The van der Waals surface area contributed by atoms with E-state index >= 15 is 0 Å². The van der Waals surface area contributed by atoms with Gasteiger partial charge in [-0.2, -0.15) is 26.3 Å². The second kappa shape index (κ2) is 6.30. The van der Waals surface area contributed by atoms with Gasteiger partial charge in [-0.25, -0.2) is 0 Å². The first kappa shape index (κ1) is 20.8. The molecule has 147 valence electrons. The molecule has 1 heterocycles. The Hall–Kier alpha value is -1.48. The van der Waals surface area contributed by atoms with Gasteiger partial charge in [0.2, 0.25) is 0 Å². The molecule has 0 atom stereocenters. The zero-order chi connectivity index (χ0) is 20.1. The Morgan fingerprint density at radius 3 is 1.62 bits per heavy atom. The summed E-state index contributed by atoms with van der Waals surface area (Å²) in [5.41, 5.74) is -4.58. The molecule has 0 aromatic heterocycles. The SMILES string of the molecule is CC1(C)CC(Oc2cc(C(F)(F)F)cc(C(F)(F)F)c2)CC(C)(C)N1[O]. The van der Waals surface area contributed by atoms with Crippen molar-refractivity contribution in [1.82, 2.24) is 5.06 Å². The Morgan fingerprint density at radius 1 is 0.885 bits per heavy atom. The van der Waals surface area contributed by atoms with Gasteiger partial charge in [0.05, 0.1) is 11.1 Å². The molecular weight excluding hydrogens is 364 g/mol. The fraction of sp³-hybridized carbons (Fsp3) is 0.647. The molecule has 1 fully saturated rings. The van der Waals surface area contributed by atoms with Crippen LogP contribution in [-0.4, -0.2) is 22.2 Å². The number of benzene rings is 1. The van der Waals surface area contributed by atoms with E-state index in [1.165, 1.54) is 0 Å². The molecule has 3 nitrogen and oxygen atoms in total. The van der Waals surface area contributed by atoms with Gasteiger partial charge in [0.25, 0.3) is 0 Å². The molecule has 0 amide bonds. The van der Waals surface area contributed by atoms with E-state index < -0.39 is 46.4 Å². The number of hydrogen-bond donors (Lipinski definition) is 0. The van der Waals surface area contributed by atoms with Crippen LogP contribution >= 0.6 is 0 Å². The van der Waals surface area contributed by atoms with Gasteiger partial charge in [-0.05, 0) is 45.9 Å². The molecule has 9 heteroatoms. The van der Waals surface area contributed by atoms with Crippen LogP contribution in [-0.2, 0) is 17.6 Å². The van der Waals surface area contributed by atoms with Crippen LogP contribution in [0.25, 0.3) is 0 Å². The molecule has 0 spiro atoms. The Balaban J connectivity index is 2.37. The van der Waals surface area contributed by atoms with Crippen LogP contribution in [0.4, 0.5) is 26.3 Å². The van der Waals surface area contributed by atoms with Crippen molar-refractivity contribution in [2.24, 2.45) is 0 Å². The molecular formula is C17H20F6NO2. The van der Waals surface area contributed by atoms with Crippen LogP contribution in [0, 0.1) is 0 Å². The van der Waals surface area contributed by atoms with Gasteiger partial charge < -0.3 is 4.74 Å². The first-order valence-corrected chi connectivity index (χ1v) is 7.96. The normalized spacial score (nSPS) is 21.7. The highest BCUT2D eigenvalue weighted by molar-refractivity contribution is 5.37. The number of hydrogen-bond acceptors (Lipinski definition) is 2.